The Balaban J connectivity index is -0.00000000667. The standard InChI is InChI=1S/CClO.CH3.W.Y/c2-1-3;;;/h;1H3;;/q2*-1;+2;. The summed E-state index contributed by atoms with van der Waals surface area (Å²) in [6.07, 6.45) is 0. The Morgan fingerprint density at radius 1 is 1.50 bits per heavy atom. The molecule has 0 atom stereocenters. The third kappa shape index (κ3) is 42.3. The molecule has 4 heteroatoms. The SMILES string of the molecule is O=[C-]Cl.[CH3-].[W+2].[Y]. The molecule has 0 aromatic heterocycles. The summed E-state index contributed by atoms with van der Waals surface area (Å²) in [5.74, 6) is 0.972. The topological polar surface area (TPSA) is 17.1 Å². The summed E-state index contributed by atoms with van der Waals surface area (Å²) in [7, 11) is 0. The van der Waals surface area contributed by atoms with Gasteiger partial charge in [0.1, 0.15) is 0 Å². The Kier molecular flexibility index (Phi) is 123. The molecule has 0 N–H and O–H groups in total. The van der Waals surface area contributed by atoms with Gasteiger partial charge in [-0.3, -0.25) is 0 Å². The fourth-order valence-corrected chi connectivity index (χ4v) is 0. The Bertz CT molecular complexity index is 21.0. The van der Waals surface area contributed by atoms with Crippen molar-refractivity contribution in [2.75, 3.05) is 0 Å². The van der Waals surface area contributed by atoms with E-state index in [1.807, 2.05) is 0 Å². The van der Waals surface area contributed by atoms with Gasteiger partial charge in [-0.2, -0.15) is 5.75 Å². The summed E-state index contributed by atoms with van der Waals surface area (Å²) in [6, 6.07) is 0. The third-order valence-corrected chi connectivity index (χ3v) is 0. The maximum atomic E-state index is 8.45. The van der Waals surface area contributed by atoms with Crippen molar-refractivity contribution in [3.8, 4) is 0 Å². The minimum Gasteiger partial charge on any atom is -0.525 e. The molecule has 6 heavy (non-hydrogen) atoms. The number of hydrogen-bond donors (Lipinski definition) is 0. The molecule has 0 saturated carbocycles. The zero-order valence-electron chi connectivity index (χ0n) is 3.27. The van der Waals surface area contributed by atoms with Crippen molar-refractivity contribution in [3.63, 3.8) is 0 Å². The average molecular weight is 351 g/mol. The van der Waals surface area contributed by atoms with Gasteiger partial charge in [0.05, 0.1) is 0 Å². The Hall–Kier alpha value is 1.75. The Morgan fingerprint density at radius 2 is 1.50 bits per heavy atom. The summed E-state index contributed by atoms with van der Waals surface area (Å²) in [6.45, 7) is 0. The molecule has 0 heterocycles. The van der Waals surface area contributed by atoms with Crippen LogP contribution in [0.15, 0.2) is 0 Å². The molecule has 0 amide bonds. The van der Waals surface area contributed by atoms with Crippen molar-refractivity contribution >= 4 is 17.3 Å². The van der Waals surface area contributed by atoms with Gasteiger partial charge in [-0.05, 0) is 0 Å². The van der Waals surface area contributed by atoms with Gasteiger partial charge in [0.15, 0.2) is 0 Å². The van der Waals surface area contributed by atoms with E-state index in [0.29, 0.717) is 0 Å². The van der Waals surface area contributed by atoms with Crippen LogP contribution in [-0.2, 0) is 58.6 Å². The summed E-state index contributed by atoms with van der Waals surface area (Å²) in [5.41, 5.74) is 0. The second kappa shape index (κ2) is 29.5. The zero-order valence-corrected chi connectivity index (χ0v) is 9.80. The molecule has 0 aliphatic carbocycles. The summed E-state index contributed by atoms with van der Waals surface area (Å²) >= 11 is 4.19. The molecule has 0 saturated heterocycles. The van der Waals surface area contributed by atoms with E-state index in [-0.39, 0.29) is 61.2 Å². The summed E-state index contributed by atoms with van der Waals surface area (Å²) in [4.78, 5) is 8.45. The van der Waals surface area contributed by atoms with Gasteiger partial charge in [-0.1, -0.05) is 0 Å². The molecule has 0 aliphatic heterocycles. The molecule has 0 aromatic rings. The second-order valence-electron chi connectivity index (χ2n) is 0.0772. The van der Waals surface area contributed by atoms with Gasteiger partial charge >= 0.3 is 21.1 Å². The maximum absolute atomic E-state index is 8.45. The van der Waals surface area contributed by atoms with Crippen LogP contribution in [0.3, 0.4) is 0 Å². The normalized spacial score (nSPS) is 2.17. The molecule has 1 nitrogen and oxygen atoms in total. The van der Waals surface area contributed by atoms with Gasteiger partial charge in [-0.25, -0.2) is 0 Å². The monoisotopic (exact) mass is 351 g/mol. The number of carbonyl (C=O) groups excluding carboxylic acids is 1. The molecule has 0 spiro atoms. The van der Waals surface area contributed by atoms with Crippen LogP contribution >= 0.6 is 11.6 Å². The van der Waals surface area contributed by atoms with Crippen LogP contribution in [0.5, 0.6) is 0 Å². The minimum atomic E-state index is 0. The fourth-order valence-electron chi connectivity index (χ4n) is 0. The van der Waals surface area contributed by atoms with Crippen LogP contribution < -0.4 is 0 Å². The first-order chi connectivity index (χ1) is 1.41. The molecule has 0 fully saturated rings. The van der Waals surface area contributed by atoms with E-state index in [2.05, 4.69) is 11.6 Å². The van der Waals surface area contributed by atoms with Gasteiger partial charge < -0.3 is 23.8 Å². The van der Waals surface area contributed by atoms with Crippen molar-refractivity contribution in [1.82, 2.24) is 0 Å². The van der Waals surface area contributed by atoms with E-state index in [1.165, 1.54) is 0 Å². The number of hydrogen-bond acceptors (Lipinski definition) is 1. The number of rotatable bonds is 0. The van der Waals surface area contributed by atoms with E-state index in [9.17, 15) is 0 Å². The molecule has 0 aromatic carbocycles. The van der Waals surface area contributed by atoms with Gasteiger partial charge in [0.2, 0.25) is 0 Å². The molecule has 0 aliphatic rings. The van der Waals surface area contributed by atoms with E-state index < -0.39 is 0 Å². The van der Waals surface area contributed by atoms with Crippen molar-refractivity contribution in [3.05, 3.63) is 7.43 Å². The molecule has 0 rings (SSSR count). The molecule has 33 valence electrons. The van der Waals surface area contributed by atoms with Crippen molar-refractivity contribution in [2.45, 2.75) is 0 Å². The van der Waals surface area contributed by atoms with E-state index in [4.69, 9.17) is 4.79 Å². The first kappa shape index (κ1) is 25.1. The van der Waals surface area contributed by atoms with Crippen LogP contribution in [0.2, 0.25) is 0 Å². The third-order valence-electron chi connectivity index (χ3n) is 0. The quantitative estimate of drug-likeness (QED) is 0.465. The van der Waals surface area contributed by atoms with Gasteiger partial charge in [0, 0.05) is 32.7 Å². The molecular formula is C2H3ClOWY. The first-order valence-electron chi connectivity index (χ1n) is 0.393. The van der Waals surface area contributed by atoms with Crippen LogP contribution in [0.4, 0.5) is 0 Å². The van der Waals surface area contributed by atoms with Crippen molar-refractivity contribution in [2.24, 2.45) is 0 Å². The Morgan fingerprint density at radius 3 is 1.50 bits per heavy atom. The maximum Gasteiger partial charge on any atom is 2.00 e. The smallest absolute Gasteiger partial charge is 0.525 e. The van der Waals surface area contributed by atoms with Crippen molar-refractivity contribution < 1.29 is 58.6 Å². The Labute approximate surface area is 82.3 Å². The molecular weight excluding hydrogens is 348 g/mol. The van der Waals surface area contributed by atoms with Crippen LogP contribution in [0.1, 0.15) is 0 Å². The largest absolute Gasteiger partial charge is 2.00 e. The van der Waals surface area contributed by atoms with Gasteiger partial charge in [0.25, 0.3) is 0 Å². The van der Waals surface area contributed by atoms with Gasteiger partial charge in [-0.15, -0.1) is 0 Å². The van der Waals surface area contributed by atoms with E-state index >= 15 is 0 Å². The predicted molar refractivity (Wildman–Crippen MR) is 18.0 cm³/mol. The predicted octanol–water partition coefficient (Wildman–Crippen LogP) is 0.738. The van der Waals surface area contributed by atoms with Crippen LogP contribution in [0.25, 0.3) is 0 Å². The molecule has 0 bridgehead atoms. The zero-order chi connectivity index (χ0) is 2.71. The van der Waals surface area contributed by atoms with E-state index in [0.717, 1.165) is 5.75 Å². The average Bonchev–Trinajstić information content (AvgIpc) is 0.918. The molecule has 1 radical (unpaired) electrons. The van der Waals surface area contributed by atoms with E-state index in [1.54, 1.807) is 0 Å². The minimum absolute atomic E-state index is 0. The second-order valence-corrected chi connectivity index (χ2v) is 0.231. The van der Waals surface area contributed by atoms with Crippen LogP contribution in [0, 0.1) is 7.43 Å². The fraction of sp³-hybridized carbons (Fsp3) is 0. The molecule has 0 unspecified atom stereocenters. The summed E-state index contributed by atoms with van der Waals surface area (Å²) in [5, 5.41) is 0. The summed E-state index contributed by atoms with van der Waals surface area (Å²) < 4.78 is 0. The van der Waals surface area contributed by atoms with Crippen LogP contribution in [-0.4, -0.2) is 5.75 Å². The first-order valence-corrected chi connectivity index (χ1v) is 0.771. The number of halogens is 1. The van der Waals surface area contributed by atoms with Crippen molar-refractivity contribution in [1.29, 1.82) is 0 Å².